The van der Waals surface area contributed by atoms with E-state index in [9.17, 15) is 0 Å². The van der Waals surface area contributed by atoms with Crippen molar-refractivity contribution < 1.29 is 0 Å². The molecular formula is C7H7N3. The van der Waals surface area contributed by atoms with Crippen molar-refractivity contribution in [3.05, 3.63) is 0 Å². The summed E-state index contributed by atoms with van der Waals surface area (Å²) in [4.78, 5) is 4.01. The van der Waals surface area contributed by atoms with Crippen molar-refractivity contribution in [2.75, 3.05) is 6.54 Å². The maximum atomic E-state index is 8.56. The molecule has 0 aromatic rings. The van der Waals surface area contributed by atoms with Crippen molar-refractivity contribution in [3.63, 3.8) is 0 Å². The molecule has 0 aromatic carbocycles. The molecule has 2 atom stereocenters. The second kappa shape index (κ2) is 2.49. The SMILES string of the molecule is CC1=NC[C@@H](C#N)[C@@H]1C#N. The van der Waals surface area contributed by atoms with Crippen LogP contribution in [0.5, 0.6) is 0 Å². The Morgan fingerprint density at radius 3 is 2.60 bits per heavy atom. The molecule has 3 heteroatoms. The number of hydrogen-bond acceptors (Lipinski definition) is 3. The summed E-state index contributed by atoms with van der Waals surface area (Å²) in [6.07, 6.45) is 0. The van der Waals surface area contributed by atoms with Gasteiger partial charge in [0.25, 0.3) is 0 Å². The van der Waals surface area contributed by atoms with E-state index < -0.39 is 0 Å². The van der Waals surface area contributed by atoms with E-state index >= 15 is 0 Å². The van der Waals surface area contributed by atoms with Crippen LogP contribution in [0.25, 0.3) is 0 Å². The molecule has 0 saturated heterocycles. The molecule has 0 unspecified atom stereocenters. The zero-order valence-corrected chi connectivity index (χ0v) is 5.70. The molecule has 1 rings (SSSR count). The van der Waals surface area contributed by atoms with E-state index in [0.717, 1.165) is 5.71 Å². The first-order chi connectivity index (χ1) is 4.79. The summed E-state index contributed by atoms with van der Waals surface area (Å²) in [6.45, 7) is 2.30. The first-order valence-corrected chi connectivity index (χ1v) is 3.09. The second-order valence-electron chi connectivity index (χ2n) is 2.32. The second-order valence-corrected chi connectivity index (χ2v) is 2.32. The molecular weight excluding hydrogens is 126 g/mol. The minimum Gasteiger partial charge on any atom is -0.292 e. The third kappa shape index (κ3) is 0.867. The number of nitrogens with zero attached hydrogens (tertiary/aromatic N) is 3. The Balaban J connectivity index is 2.78. The van der Waals surface area contributed by atoms with E-state index in [1.54, 1.807) is 6.92 Å². The van der Waals surface area contributed by atoms with Crippen LogP contribution in [0, 0.1) is 34.5 Å². The highest BCUT2D eigenvalue weighted by atomic mass is 14.8. The normalized spacial score (nSPS) is 30.5. The molecule has 0 spiro atoms. The van der Waals surface area contributed by atoms with E-state index in [1.165, 1.54) is 0 Å². The molecule has 0 aliphatic carbocycles. The van der Waals surface area contributed by atoms with Crippen molar-refractivity contribution in [2.24, 2.45) is 16.8 Å². The molecule has 1 aliphatic heterocycles. The quantitative estimate of drug-likeness (QED) is 0.489. The molecule has 1 aliphatic rings. The lowest BCUT2D eigenvalue weighted by Crippen LogP contribution is -2.13. The van der Waals surface area contributed by atoms with Gasteiger partial charge in [-0.2, -0.15) is 10.5 Å². The average Bonchev–Trinajstić information content (AvgIpc) is 2.30. The Kier molecular flexibility index (Phi) is 1.69. The smallest absolute Gasteiger partial charge is 0.101 e. The molecule has 0 aromatic heterocycles. The van der Waals surface area contributed by atoms with Crippen molar-refractivity contribution in [1.29, 1.82) is 10.5 Å². The molecule has 0 fully saturated rings. The van der Waals surface area contributed by atoms with E-state index in [0.29, 0.717) is 6.54 Å². The summed E-state index contributed by atoms with van der Waals surface area (Å²) in [5.74, 6) is -0.463. The molecule has 0 bridgehead atoms. The average molecular weight is 133 g/mol. The fourth-order valence-electron chi connectivity index (χ4n) is 1.04. The van der Waals surface area contributed by atoms with Crippen molar-refractivity contribution in [3.8, 4) is 12.1 Å². The predicted molar refractivity (Wildman–Crippen MR) is 36.2 cm³/mol. The van der Waals surface area contributed by atoms with Crippen LogP contribution >= 0.6 is 0 Å². The van der Waals surface area contributed by atoms with Gasteiger partial charge in [0.1, 0.15) is 5.92 Å². The van der Waals surface area contributed by atoms with Gasteiger partial charge in [-0.3, -0.25) is 4.99 Å². The summed E-state index contributed by atoms with van der Waals surface area (Å²) in [5, 5.41) is 17.1. The first kappa shape index (κ1) is 6.77. The van der Waals surface area contributed by atoms with Gasteiger partial charge < -0.3 is 0 Å². The summed E-state index contributed by atoms with van der Waals surface area (Å²) in [7, 11) is 0. The maximum absolute atomic E-state index is 8.56. The Bertz CT molecular complexity index is 241. The minimum absolute atomic E-state index is 0.204. The van der Waals surface area contributed by atoms with E-state index in [-0.39, 0.29) is 11.8 Å². The largest absolute Gasteiger partial charge is 0.292 e. The third-order valence-corrected chi connectivity index (χ3v) is 1.69. The molecule has 3 nitrogen and oxygen atoms in total. The lowest BCUT2D eigenvalue weighted by molar-refractivity contribution is 0.663. The Labute approximate surface area is 59.6 Å². The van der Waals surface area contributed by atoms with Gasteiger partial charge in [-0.1, -0.05) is 0 Å². The van der Waals surface area contributed by atoms with Gasteiger partial charge in [0.2, 0.25) is 0 Å². The number of rotatable bonds is 0. The Morgan fingerprint density at radius 1 is 1.50 bits per heavy atom. The first-order valence-electron chi connectivity index (χ1n) is 3.09. The number of nitriles is 2. The van der Waals surface area contributed by atoms with Gasteiger partial charge in [0, 0.05) is 5.71 Å². The van der Waals surface area contributed by atoms with Gasteiger partial charge in [0.05, 0.1) is 24.6 Å². The molecule has 0 N–H and O–H groups in total. The Morgan fingerprint density at radius 2 is 2.20 bits per heavy atom. The van der Waals surface area contributed by atoms with Crippen LogP contribution in [-0.2, 0) is 0 Å². The highest BCUT2D eigenvalue weighted by Gasteiger charge is 2.28. The van der Waals surface area contributed by atoms with Crippen LogP contribution in [-0.4, -0.2) is 12.3 Å². The van der Waals surface area contributed by atoms with Crippen molar-refractivity contribution in [1.82, 2.24) is 0 Å². The summed E-state index contributed by atoms with van der Waals surface area (Å²) in [5.41, 5.74) is 0.800. The molecule has 10 heavy (non-hydrogen) atoms. The minimum atomic E-state index is -0.259. The maximum Gasteiger partial charge on any atom is 0.101 e. The number of hydrogen-bond donors (Lipinski definition) is 0. The monoisotopic (exact) mass is 133 g/mol. The lowest BCUT2D eigenvalue weighted by atomic mass is 9.95. The van der Waals surface area contributed by atoms with Crippen molar-refractivity contribution >= 4 is 5.71 Å². The fourth-order valence-corrected chi connectivity index (χ4v) is 1.04. The zero-order valence-electron chi connectivity index (χ0n) is 5.70. The van der Waals surface area contributed by atoms with Crippen LogP contribution in [0.2, 0.25) is 0 Å². The molecule has 0 radical (unpaired) electrons. The summed E-state index contributed by atoms with van der Waals surface area (Å²) < 4.78 is 0. The fraction of sp³-hybridized carbons (Fsp3) is 0.571. The molecule has 50 valence electrons. The van der Waals surface area contributed by atoms with E-state index in [2.05, 4.69) is 17.1 Å². The molecule has 0 amide bonds. The summed E-state index contributed by atoms with van der Waals surface area (Å²) >= 11 is 0. The van der Waals surface area contributed by atoms with Gasteiger partial charge in [-0.15, -0.1) is 0 Å². The van der Waals surface area contributed by atoms with Gasteiger partial charge >= 0.3 is 0 Å². The molecule has 0 saturated carbocycles. The Hall–Kier alpha value is -1.35. The third-order valence-electron chi connectivity index (χ3n) is 1.69. The lowest BCUT2D eigenvalue weighted by Gasteiger charge is -2.01. The van der Waals surface area contributed by atoms with Gasteiger partial charge in [-0.25, -0.2) is 0 Å². The van der Waals surface area contributed by atoms with E-state index in [1.807, 2.05) is 0 Å². The van der Waals surface area contributed by atoms with Crippen LogP contribution in [0.15, 0.2) is 4.99 Å². The van der Waals surface area contributed by atoms with Crippen LogP contribution < -0.4 is 0 Å². The predicted octanol–water partition coefficient (Wildman–Crippen LogP) is 0.740. The number of aliphatic imine (C=N–C) groups is 1. The van der Waals surface area contributed by atoms with E-state index in [4.69, 9.17) is 10.5 Å². The van der Waals surface area contributed by atoms with Crippen LogP contribution in [0.1, 0.15) is 6.92 Å². The zero-order chi connectivity index (χ0) is 7.56. The van der Waals surface area contributed by atoms with Gasteiger partial charge in [0.15, 0.2) is 0 Å². The van der Waals surface area contributed by atoms with Crippen LogP contribution in [0.3, 0.4) is 0 Å². The molecule has 1 heterocycles. The van der Waals surface area contributed by atoms with Crippen LogP contribution in [0.4, 0.5) is 0 Å². The highest BCUT2D eigenvalue weighted by molar-refractivity contribution is 5.88. The topological polar surface area (TPSA) is 59.9 Å². The summed E-state index contributed by atoms with van der Waals surface area (Å²) in [6, 6.07) is 4.12. The van der Waals surface area contributed by atoms with Crippen molar-refractivity contribution in [2.45, 2.75) is 6.92 Å². The highest BCUT2D eigenvalue weighted by Crippen LogP contribution is 2.19. The van der Waals surface area contributed by atoms with Gasteiger partial charge in [-0.05, 0) is 6.92 Å². The standard InChI is InChI=1S/C7H7N3/c1-5-7(3-9)6(2-8)4-10-5/h6-7H,4H2,1H3/t6-,7-/m1/s1.